The van der Waals surface area contributed by atoms with E-state index < -0.39 is 5.60 Å². The van der Waals surface area contributed by atoms with Crippen LogP contribution < -0.4 is 4.74 Å². The minimum absolute atomic E-state index is 0.601. The summed E-state index contributed by atoms with van der Waals surface area (Å²) in [5.41, 5.74) is 1.53. The molecule has 1 aliphatic rings. The summed E-state index contributed by atoms with van der Waals surface area (Å²) in [7, 11) is 0. The highest BCUT2D eigenvalue weighted by Gasteiger charge is 2.44. The lowest BCUT2D eigenvalue weighted by molar-refractivity contribution is 0.146. The minimum atomic E-state index is -0.601. The molecule has 2 rings (SSSR count). The standard InChI is InChI=1S/C12H16O2/c1-3-14-11-5-4-9(2)8-10(11)12(13)6-7-12/h4-5,8,13H,3,6-7H2,1-2H3. The summed E-state index contributed by atoms with van der Waals surface area (Å²) in [6, 6.07) is 5.99. The van der Waals surface area contributed by atoms with Gasteiger partial charge in [0.2, 0.25) is 0 Å². The van der Waals surface area contributed by atoms with E-state index in [0.29, 0.717) is 6.61 Å². The molecule has 1 N–H and O–H groups in total. The van der Waals surface area contributed by atoms with Gasteiger partial charge in [-0.15, -0.1) is 0 Å². The molecular weight excluding hydrogens is 176 g/mol. The van der Waals surface area contributed by atoms with Crippen molar-refractivity contribution in [1.82, 2.24) is 0 Å². The quantitative estimate of drug-likeness (QED) is 0.796. The summed E-state index contributed by atoms with van der Waals surface area (Å²) in [4.78, 5) is 0. The Hall–Kier alpha value is -1.02. The molecule has 1 saturated carbocycles. The Kier molecular flexibility index (Phi) is 2.23. The molecule has 1 aromatic carbocycles. The molecular formula is C12H16O2. The number of rotatable bonds is 3. The summed E-state index contributed by atoms with van der Waals surface area (Å²) < 4.78 is 5.50. The minimum Gasteiger partial charge on any atom is -0.493 e. The molecule has 0 amide bonds. The van der Waals surface area contributed by atoms with Crippen molar-refractivity contribution in [3.8, 4) is 5.75 Å². The van der Waals surface area contributed by atoms with Crippen LogP contribution in [0, 0.1) is 6.92 Å². The van der Waals surface area contributed by atoms with Crippen molar-refractivity contribution in [2.45, 2.75) is 32.3 Å². The molecule has 0 heterocycles. The Morgan fingerprint density at radius 2 is 2.14 bits per heavy atom. The van der Waals surface area contributed by atoms with Crippen molar-refractivity contribution >= 4 is 0 Å². The highest BCUT2D eigenvalue weighted by Crippen LogP contribution is 2.48. The number of aryl methyl sites for hydroxylation is 1. The Morgan fingerprint density at radius 3 is 2.71 bits per heavy atom. The van der Waals surface area contributed by atoms with Gasteiger partial charge in [-0.1, -0.05) is 11.6 Å². The van der Waals surface area contributed by atoms with Gasteiger partial charge in [-0.2, -0.15) is 0 Å². The second kappa shape index (κ2) is 3.28. The summed E-state index contributed by atoms with van der Waals surface area (Å²) in [5.74, 6) is 0.832. The van der Waals surface area contributed by atoms with Crippen LogP contribution >= 0.6 is 0 Å². The van der Waals surface area contributed by atoms with E-state index >= 15 is 0 Å². The normalized spacial score (nSPS) is 17.9. The van der Waals surface area contributed by atoms with Crippen LogP contribution in [0.5, 0.6) is 5.75 Å². The van der Waals surface area contributed by atoms with Crippen molar-refractivity contribution in [1.29, 1.82) is 0 Å². The topological polar surface area (TPSA) is 29.5 Å². The molecule has 0 spiro atoms. The summed E-state index contributed by atoms with van der Waals surface area (Å²) in [6.45, 7) is 4.64. The third kappa shape index (κ3) is 1.62. The zero-order valence-electron chi connectivity index (χ0n) is 8.71. The van der Waals surface area contributed by atoms with Crippen molar-refractivity contribution in [3.63, 3.8) is 0 Å². The maximum atomic E-state index is 10.1. The van der Waals surface area contributed by atoms with Crippen molar-refractivity contribution < 1.29 is 9.84 Å². The van der Waals surface area contributed by atoms with Gasteiger partial charge in [0, 0.05) is 5.56 Å². The number of aliphatic hydroxyl groups is 1. The number of hydrogen-bond acceptors (Lipinski definition) is 2. The summed E-state index contributed by atoms with van der Waals surface area (Å²) in [5, 5.41) is 10.1. The molecule has 1 fully saturated rings. The van der Waals surface area contributed by atoms with Gasteiger partial charge in [0.1, 0.15) is 5.75 Å². The SMILES string of the molecule is CCOc1ccc(C)cc1C1(O)CC1. The lowest BCUT2D eigenvalue weighted by atomic mass is 10.0. The molecule has 0 bridgehead atoms. The Bertz CT molecular complexity index is 340. The maximum absolute atomic E-state index is 10.1. The molecule has 0 unspecified atom stereocenters. The van der Waals surface area contributed by atoms with Crippen molar-refractivity contribution in [3.05, 3.63) is 29.3 Å². The smallest absolute Gasteiger partial charge is 0.125 e. The Labute approximate surface area is 84.5 Å². The number of ether oxygens (including phenoxy) is 1. The predicted molar refractivity (Wildman–Crippen MR) is 55.5 cm³/mol. The van der Waals surface area contributed by atoms with E-state index in [1.54, 1.807) is 0 Å². The monoisotopic (exact) mass is 192 g/mol. The van der Waals surface area contributed by atoms with Crippen molar-refractivity contribution in [2.75, 3.05) is 6.61 Å². The van der Waals surface area contributed by atoms with Gasteiger partial charge in [-0.3, -0.25) is 0 Å². The molecule has 0 atom stereocenters. The average molecular weight is 192 g/mol. The largest absolute Gasteiger partial charge is 0.493 e. The third-order valence-electron chi connectivity index (χ3n) is 2.66. The van der Waals surface area contributed by atoms with Gasteiger partial charge < -0.3 is 9.84 Å². The predicted octanol–water partition coefficient (Wildman–Crippen LogP) is 2.38. The van der Waals surface area contributed by atoms with Gasteiger partial charge in [0.25, 0.3) is 0 Å². The molecule has 0 aliphatic heterocycles. The molecule has 76 valence electrons. The van der Waals surface area contributed by atoms with Crippen LogP contribution in [-0.2, 0) is 5.60 Å². The van der Waals surface area contributed by atoms with E-state index in [4.69, 9.17) is 4.74 Å². The van der Waals surface area contributed by atoms with Gasteiger partial charge >= 0.3 is 0 Å². The van der Waals surface area contributed by atoms with Gasteiger partial charge in [-0.05, 0) is 38.8 Å². The fourth-order valence-electron chi connectivity index (χ4n) is 1.68. The van der Waals surface area contributed by atoms with E-state index in [0.717, 1.165) is 24.2 Å². The second-order valence-electron chi connectivity index (χ2n) is 3.96. The highest BCUT2D eigenvalue weighted by molar-refractivity contribution is 5.43. The third-order valence-corrected chi connectivity index (χ3v) is 2.66. The second-order valence-corrected chi connectivity index (χ2v) is 3.96. The van der Waals surface area contributed by atoms with E-state index in [-0.39, 0.29) is 0 Å². The first-order chi connectivity index (χ1) is 6.65. The van der Waals surface area contributed by atoms with Crippen LogP contribution in [-0.4, -0.2) is 11.7 Å². The maximum Gasteiger partial charge on any atom is 0.125 e. The van der Waals surface area contributed by atoms with Crippen LogP contribution in [0.3, 0.4) is 0 Å². The van der Waals surface area contributed by atoms with Gasteiger partial charge in [0.05, 0.1) is 12.2 Å². The molecule has 2 nitrogen and oxygen atoms in total. The van der Waals surface area contributed by atoms with Crippen LogP contribution in [0.25, 0.3) is 0 Å². The van der Waals surface area contributed by atoms with Crippen LogP contribution in [0.15, 0.2) is 18.2 Å². The van der Waals surface area contributed by atoms with Crippen molar-refractivity contribution in [2.24, 2.45) is 0 Å². The van der Waals surface area contributed by atoms with Crippen LogP contribution in [0.4, 0.5) is 0 Å². The lowest BCUT2D eigenvalue weighted by Gasteiger charge is -2.15. The number of hydrogen-bond donors (Lipinski definition) is 1. The summed E-state index contributed by atoms with van der Waals surface area (Å²) >= 11 is 0. The first-order valence-corrected chi connectivity index (χ1v) is 5.12. The molecule has 0 radical (unpaired) electrons. The zero-order valence-corrected chi connectivity index (χ0v) is 8.71. The fourth-order valence-corrected chi connectivity index (χ4v) is 1.68. The zero-order chi connectivity index (χ0) is 10.2. The van der Waals surface area contributed by atoms with Gasteiger partial charge in [0.15, 0.2) is 0 Å². The van der Waals surface area contributed by atoms with E-state index in [1.807, 2.05) is 32.0 Å². The fraction of sp³-hybridized carbons (Fsp3) is 0.500. The molecule has 2 heteroatoms. The molecule has 14 heavy (non-hydrogen) atoms. The van der Waals surface area contributed by atoms with E-state index in [1.165, 1.54) is 5.56 Å². The van der Waals surface area contributed by atoms with Crippen LogP contribution in [0.1, 0.15) is 30.9 Å². The Balaban J connectivity index is 2.38. The van der Waals surface area contributed by atoms with Crippen LogP contribution in [0.2, 0.25) is 0 Å². The van der Waals surface area contributed by atoms with E-state index in [9.17, 15) is 5.11 Å². The molecule has 0 aromatic heterocycles. The highest BCUT2D eigenvalue weighted by atomic mass is 16.5. The average Bonchev–Trinajstić information content (AvgIpc) is 2.89. The number of benzene rings is 1. The lowest BCUT2D eigenvalue weighted by Crippen LogP contribution is -2.08. The molecule has 0 saturated heterocycles. The summed E-state index contributed by atoms with van der Waals surface area (Å²) in [6.07, 6.45) is 1.72. The first kappa shape index (κ1) is 9.53. The molecule has 1 aromatic rings. The van der Waals surface area contributed by atoms with Gasteiger partial charge in [-0.25, -0.2) is 0 Å². The van der Waals surface area contributed by atoms with E-state index in [2.05, 4.69) is 0 Å². The Morgan fingerprint density at radius 1 is 1.43 bits per heavy atom. The first-order valence-electron chi connectivity index (χ1n) is 5.12. The molecule has 1 aliphatic carbocycles.